The summed E-state index contributed by atoms with van der Waals surface area (Å²) in [5, 5.41) is 39.5. The van der Waals surface area contributed by atoms with E-state index in [9.17, 15) is 20.1 Å². The fraction of sp³-hybridized carbons (Fsp3) is 0.444. The topological polar surface area (TPSA) is 195 Å². The molecule has 0 spiro atoms. The fourth-order valence-corrected chi connectivity index (χ4v) is 3.21. The van der Waals surface area contributed by atoms with E-state index in [1.165, 1.54) is 6.20 Å². The van der Waals surface area contributed by atoms with Crippen LogP contribution in [0.15, 0.2) is 29.4 Å². The van der Waals surface area contributed by atoms with E-state index in [1.54, 1.807) is 6.07 Å². The summed E-state index contributed by atoms with van der Waals surface area (Å²) in [4.78, 5) is 20.6. The highest BCUT2D eigenvalue weighted by molar-refractivity contribution is 5.92. The second kappa shape index (κ2) is 8.35. The highest BCUT2D eigenvalue weighted by atomic mass is 16.7. The van der Waals surface area contributed by atoms with Gasteiger partial charge in [-0.05, 0) is 18.4 Å². The number of hydrogen-bond acceptors (Lipinski definition) is 8. The van der Waals surface area contributed by atoms with E-state index in [4.69, 9.17) is 26.0 Å². The van der Waals surface area contributed by atoms with Crippen LogP contribution in [0.5, 0.6) is 5.75 Å². The maximum absolute atomic E-state index is 12.5. The number of aliphatic hydroxyl groups is 4. The van der Waals surface area contributed by atoms with Crippen LogP contribution in [0.25, 0.3) is 10.9 Å². The molecule has 11 nitrogen and oxygen atoms in total. The first kappa shape index (κ1) is 21.0. The van der Waals surface area contributed by atoms with E-state index in [0.717, 1.165) is 5.56 Å². The van der Waals surface area contributed by atoms with Crippen molar-refractivity contribution in [1.29, 1.82) is 0 Å². The van der Waals surface area contributed by atoms with Gasteiger partial charge in [0.2, 0.25) is 5.79 Å². The van der Waals surface area contributed by atoms with Gasteiger partial charge in [-0.2, -0.15) is 0 Å². The first-order chi connectivity index (χ1) is 13.8. The summed E-state index contributed by atoms with van der Waals surface area (Å²) >= 11 is 0. The number of ether oxygens (including phenoxy) is 2. The molecule has 1 aromatic carbocycles. The van der Waals surface area contributed by atoms with Crippen LogP contribution in [-0.2, 0) is 16.0 Å². The van der Waals surface area contributed by atoms with Crippen molar-refractivity contribution in [2.45, 2.75) is 36.9 Å². The summed E-state index contributed by atoms with van der Waals surface area (Å²) in [6, 6.07) is 5.42. The molecule has 4 unspecified atom stereocenters. The van der Waals surface area contributed by atoms with Crippen molar-refractivity contribution in [3.8, 4) is 5.75 Å². The summed E-state index contributed by atoms with van der Waals surface area (Å²) in [6.07, 6.45) is -2.72. The summed E-state index contributed by atoms with van der Waals surface area (Å²) in [7, 11) is 0. The zero-order valence-corrected chi connectivity index (χ0v) is 15.4. The molecule has 2 heterocycles. The van der Waals surface area contributed by atoms with Gasteiger partial charge in [0.25, 0.3) is 0 Å². The highest BCUT2D eigenvalue weighted by Gasteiger charge is 2.56. The van der Waals surface area contributed by atoms with Gasteiger partial charge >= 0.3 is 5.97 Å². The first-order valence-electron chi connectivity index (χ1n) is 8.94. The summed E-state index contributed by atoms with van der Waals surface area (Å²) < 4.78 is 10.3. The lowest BCUT2D eigenvalue weighted by atomic mass is 10.0. The molecule has 1 aliphatic rings. The number of nitrogens with two attached hydrogens (primary N) is 2. The Balaban J connectivity index is 1.78. The third-order valence-corrected chi connectivity index (χ3v) is 4.69. The van der Waals surface area contributed by atoms with Gasteiger partial charge < -0.3 is 46.4 Å². The lowest BCUT2D eigenvalue weighted by Crippen LogP contribution is -2.46. The largest absolute Gasteiger partial charge is 0.661 e. The van der Waals surface area contributed by atoms with Crippen molar-refractivity contribution < 1.29 is 34.7 Å². The van der Waals surface area contributed by atoms with Gasteiger partial charge in [-0.25, -0.2) is 4.79 Å². The Morgan fingerprint density at radius 1 is 1.34 bits per heavy atom. The Kier molecular flexibility index (Phi) is 6.05. The Morgan fingerprint density at radius 2 is 2.10 bits per heavy atom. The quantitative estimate of drug-likeness (QED) is 0.126. The second-order valence-electron chi connectivity index (χ2n) is 6.74. The van der Waals surface area contributed by atoms with Crippen LogP contribution in [0.4, 0.5) is 0 Å². The molecule has 0 amide bonds. The number of nitrogens with zero attached hydrogens (tertiary/aromatic N) is 2. The predicted molar refractivity (Wildman–Crippen MR) is 101 cm³/mol. The third kappa shape index (κ3) is 4.18. The smallest absolute Gasteiger partial charge is 0.343 e. The molecular formula is C18H23N4O7-. The number of rotatable bonds is 7. The van der Waals surface area contributed by atoms with Crippen LogP contribution in [0.1, 0.15) is 12.0 Å². The number of fused-ring (bicyclic) bond motifs is 1. The van der Waals surface area contributed by atoms with Gasteiger partial charge in [-0.3, -0.25) is 4.99 Å². The van der Waals surface area contributed by atoms with Gasteiger partial charge in [0.15, 0.2) is 12.1 Å². The lowest BCUT2D eigenvalue weighted by molar-refractivity contribution is -0.246. The minimum Gasteiger partial charge on any atom is -0.661 e. The molecule has 29 heavy (non-hydrogen) atoms. The standard InChI is InChI=1S/C18H23N4O7/c19-17(20)21-6-2-4-9-3-1-5-10-12(9)11(7-22-10)28-16(26)14-13(24)15(25)18(27,8-23)29-14/h1,3,5,7,13-15,23-25,27H,2,4,6,8H2,(H4,19,20,21)/q-1. The second-order valence-corrected chi connectivity index (χ2v) is 6.74. The number of esters is 1. The van der Waals surface area contributed by atoms with Crippen LogP contribution in [0, 0.1) is 0 Å². The van der Waals surface area contributed by atoms with Crippen LogP contribution < -0.4 is 21.2 Å². The zero-order valence-electron chi connectivity index (χ0n) is 15.4. The molecule has 1 aliphatic heterocycles. The van der Waals surface area contributed by atoms with Crippen LogP contribution in [-0.4, -0.2) is 69.6 Å². The van der Waals surface area contributed by atoms with Crippen LogP contribution in [0.3, 0.4) is 0 Å². The average Bonchev–Trinajstić information content (AvgIpc) is 3.20. The van der Waals surface area contributed by atoms with Gasteiger partial charge in [-0.1, -0.05) is 18.2 Å². The zero-order chi connectivity index (χ0) is 21.2. The molecule has 0 bridgehead atoms. The number of aliphatic hydroxyl groups excluding tert-OH is 3. The number of aryl methyl sites for hydroxylation is 1. The molecule has 2 aromatic rings. The molecule has 1 saturated heterocycles. The molecule has 11 heteroatoms. The number of carbonyl (C=O) groups is 1. The molecule has 158 valence electrons. The fourth-order valence-electron chi connectivity index (χ4n) is 3.21. The van der Waals surface area contributed by atoms with Gasteiger partial charge in [0.05, 0.1) is 6.61 Å². The number of benzene rings is 1. The number of guanidine groups is 1. The molecule has 8 N–H and O–H groups in total. The Bertz CT molecular complexity index is 911. The summed E-state index contributed by atoms with van der Waals surface area (Å²) in [5.41, 5.74) is 12.1. The molecule has 4 atom stereocenters. The first-order valence-corrected chi connectivity index (χ1v) is 8.94. The van der Waals surface area contributed by atoms with E-state index in [1.807, 2.05) is 12.1 Å². The monoisotopic (exact) mass is 407 g/mol. The van der Waals surface area contributed by atoms with Crippen molar-refractivity contribution in [3.05, 3.63) is 30.0 Å². The SMILES string of the molecule is NC(N)=NCCCc1cccc2[n-]cc(OC(=O)C3OC(O)(CO)C(O)C3O)c12. The maximum atomic E-state index is 12.5. The Morgan fingerprint density at radius 3 is 2.76 bits per heavy atom. The molecular weight excluding hydrogens is 384 g/mol. The van der Waals surface area contributed by atoms with E-state index >= 15 is 0 Å². The third-order valence-electron chi connectivity index (χ3n) is 4.69. The number of aliphatic imine (C=N–C) groups is 1. The van der Waals surface area contributed by atoms with Gasteiger partial charge in [0, 0.05) is 11.9 Å². The predicted octanol–water partition coefficient (Wildman–Crippen LogP) is -2.29. The number of carbonyl (C=O) groups excluding carboxylic acids is 1. The highest BCUT2D eigenvalue weighted by Crippen LogP contribution is 2.33. The molecule has 0 radical (unpaired) electrons. The molecule has 0 saturated carbocycles. The van der Waals surface area contributed by atoms with E-state index in [2.05, 4.69) is 9.98 Å². The molecule has 1 fully saturated rings. The molecule has 0 aliphatic carbocycles. The minimum absolute atomic E-state index is 0.00736. The van der Waals surface area contributed by atoms with E-state index in [-0.39, 0.29) is 11.7 Å². The number of aromatic nitrogens is 1. The summed E-state index contributed by atoms with van der Waals surface area (Å²) in [6.45, 7) is -0.572. The van der Waals surface area contributed by atoms with Crippen molar-refractivity contribution >= 4 is 22.8 Å². The van der Waals surface area contributed by atoms with E-state index < -0.39 is 36.7 Å². The average molecular weight is 407 g/mol. The molecule has 3 rings (SSSR count). The van der Waals surface area contributed by atoms with Gasteiger partial charge in [0.1, 0.15) is 18.0 Å². The van der Waals surface area contributed by atoms with Crippen molar-refractivity contribution in [2.24, 2.45) is 16.5 Å². The number of hydrogen-bond donors (Lipinski definition) is 6. The normalized spacial score (nSPS) is 26.6. The Labute approximate surface area is 165 Å². The summed E-state index contributed by atoms with van der Waals surface area (Å²) in [5.74, 6) is -3.34. The lowest BCUT2D eigenvalue weighted by Gasteiger charge is -2.22. The maximum Gasteiger partial charge on any atom is 0.343 e. The van der Waals surface area contributed by atoms with E-state index in [0.29, 0.717) is 30.3 Å². The van der Waals surface area contributed by atoms with Crippen LogP contribution >= 0.6 is 0 Å². The van der Waals surface area contributed by atoms with Crippen molar-refractivity contribution in [2.75, 3.05) is 13.2 Å². The van der Waals surface area contributed by atoms with Crippen LogP contribution in [0.2, 0.25) is 0 Å². The van der Waals surface area contributed by atoms with Crippen molar-refractivity contribution in [3.63, 3.8) is 0 Å². The van der Waals surface area contributed by atoms with Crippen molar-refractivity contribution in [1.82, 2.24) is 4.98 Å². The van der Waals surface area contributed by atoms with Gasteiger partial charge in [-0.15, -0.1) is 11.7 Å². The Hall–Kier alpha value is -2.70. The molecule has 1 aromatic heterocycles. The minimum atomic E-state index is -2.45.